The van der Waals surface area contributed by atoms with Crippen LogP contribution in [-0.4, -0.2) is 5.11 Å². The Hall–Kier alpha value is -1.31. The Morgan fingerprint density at radius 1 is 0.944 bits per heavy atom. The van der Waals surface area contributed by atoms with Gasteiger partial charge in [-0.2, -0.15) is 0 Å². The van der Waals surface area contributed by atoms with E-state index in [9.17, 15) is 5.11 Å². The molecule has 1 atom stereocenters. The van der Waals surface area contributed by atoms with Gasteiger partial charge in [0.05, 0.1) is 0 Å². The fourth-order valence-corrected chi connectivity index (χ4v) is 2.43. The third-order valence-corrected chi connectivity index (χ3v) is 3.33. The Bertz CT molecular complexity index is 555. The summed E-state index contributed by atoms with van der Waals surface area (Å²) in [4.78, 5) is 0. The summed E-state index contributed by atoms with van der Waals surface area (Å²) in [7, 11) is 0. The Labute approximate surface area is 113 Å². The van der Waals surface area contributed by atoms with Crippen molar-refractivity contribution in [1.29, 1.82) is 0 Å². The van der Waals surface area contributed by atoms with E-state index in [4.69, 9.17) is 11.6 Å². The van der Waals surface area contributed by atoms with E-state index in [1.54, 1.807) is 0 Å². The molecular formula is C16H17ClO. The predicted molar refractivity (Wildman–Crippen MR) is 76.2 cm³/mol. The first-order valence-corrected chi connectivity index (χ1v) is 6.37. The molecule has 1 nitrogen and oxygen atoms in total. The van der Waals surface area contributed by atoms with Gasteiger partial charge in [0.2, 0.25) is 0 Å². The lowest BCUT2D eigenvalue weighted by Gasteiger charge is -2.16. The molecule has 2 rings (SSSR count). The fraction of sp³-hybridized carbons (Fsp3) is 0.250. The van der Waals surface area contributed by atoms with Gasteiger partial charge < -0.3 is 5.11 Å². The van der Waals surface area contributed by atoms with Crippen LogP contribution in [0.3, 0.4) is 0 Å². The molecule has 1 unspecified atom stereocenters. The van der Waals surface area contributed by atoms with Gasteiger partial charge in [0.25, 0.3) is 0 Å². The third-order valence-electron chi connectivity index (χ3n) is 3.10. The number of aryl methyl sites for hydroxylation is 3. The van der Waals surface area contributed by atoms with E-state index < -0.39 is 6.10 Å². The molecule has 18 heavy (non-hydrogen) atoms. The standard InChI is InChI=1S/C16H17ClO/c1-10-6-11(2)8-13(7-10)16(18)15-9-14(17)5-4-12(15)3/h4-9,16,18H,1-3H3. The first-order valence-electron chi connectivity index (χ1n) is 5.99. The summed E-state index contributed by atoms with van der Waals surface area (Å²) in [5.74, 6) is 0. The van der Waals surface area contributed by atoms with E-state index in [-0.39, 0.29) is 0 Å². The zero-order chi connectivity index (χ0) is 13.3. The molecule has 1 N–H and O–H groups in total. The van der Waals surface area contributed by atoms with Crippen molar-refractivity contribution >= 4 is 11.6 Å². The number of aliphatic hydroxyl groups is 1. The van der Waals surface area contributed by atoms with Crippen LogP contribution in [0.5, 0.6) is 0 Å². The molecule has 0 aliphatic heterocycles. The van der Waals surface area contributed by atoms with Gasteiger partial charge in [0.1, 0.15) is 6.10 Å². The summed E-state index contributed by atoms with van der Waals surface area (Å²) in [6.45, 7) is 6.06. The van der Waals surface area contributed by atoms with Gasteiger partial charge in [-0.25, -0.2) is 0 Å². The predicted octanol–water partition coefficient (Wildman–Crippen LogP) is 4.35. The highest BCUT2D eigenvalue weighted by molar-refractivity contribution is 6.30. The molecular weight excluding hydrogens is 244 g/mol. The number of rotatable bonds is 2. The fourth-order valence-electron chi connectivity index (χ4n) is 2.25. The highest BCUT2D eigenvalue weighted by atomic mass is 35.5. The summed E-state index contributed by atoms with van der Waals surface area (Å²) in [5.41, 5.74) is 5.14. The molecule has 2 aromatic rings. The minimum Gasteiger partial charge on any atom is -0.384 e. The number of halogens is 1. The topological polar surface area (TPSA) is 20.2 Å². The number of benzene rings is 2. The van der Waals surface area contributed by atoms with Gasteiger partial charge in [-0.3, -0.25) is 0 Å². The lowest BCUT2D eigenvalue weighted by Crippen LogP contribution is -2.03. The lowest BCUT2D eigenvalue weighted by molar-refractivity contribution is 0.219. The van der Waals surface area contributed by atoms with Crippen LogP contribution < -0.4 is 0 Å². The zero-order valence-electron chi connectivity index (χ0n) is 10.9. The van der Waals surface area contributed by atoms with Crippen LogP contribution >= 0.6 is 11.6 Å². The second-order valence-corrected chi connectivity index (χ2v) is 5.26. The molecule has 0 saturated carbocycles. The maximum atomic E-state index is 10.5. The SMILES string of the molecule is Cc1cc(C)cc(C(O)c2cc(Cl)ccc2C)c1. The molecule has 0 heterocycles. The van der Waals surface area contributed by atoms with E-state index in [0.29, 0.717) is 5.02 Å². The van der Waals surface area contributed by atoms with E-state index in [2.05, 4.69) is 6.07 Å². The summed E-state index contributed by atoms with van der Waals surface area (Å²) < 4.78 is 0. The van der Waals surface area contributed by atoms with E-state index in [0.717, 1.165) is 27.8 Å². The summed E-state index contributed by atoms with van der Waals surface area (Å²) in [5, 5.41) is 11.1. The van der Waals surface area contributed by atoms with E-state index in [1.165, 1.54) is 0 Å². The molecule has 0 aromatic heterocycles. The monoisotopic (exact) mass is 260 g/mol. The highest BCUT2D eigenvalue weighted by Crippen LogP contribution is 2.28. The van der Waals surface area contributed by atoms with Crippen molar-refractivity contribution in [3.8, 4) is 0 Å². The van der Waals surface area contributed by atoms with Crippen LogP contribution in [0.2, 0.25) is 5.02 Å². The molecule has 0 aliphatic rings. The molecule has 2 heteroatoms. The van der Waals surface area contributed by atoms with E-state index in [1.807, 2.05) is 51.1 Å². The normalized spacial score (nSPS) is 12.5. The van der Waals surface area contributed by atoms with Gasteiger partial charge in [-0.05, 0) is 49.6 Å². The maximum absolute atomic E-state index is 10.5. The van der Waals surface area contributed by atoms with Crippen LogP contribution in [0, 0.1) is 20.8 Å². The number of hydrogen-bond donors (Lipinski definition) is 1. The first-order chi connectivity index (χ1) is 8.47. The lowest BCUT2D eigenvalue weighted by atomic mass is 9.95. The smallest absolute Gasteiger partial charge is 0.104 e. The van der Waals surface area contributed by atoms with Gasteiger partial charge in [0, 0.05) is 5.02 Å². The Morgan fingerprint density at radius 2 is 1.56 bits per heavy atom. The van der Waals surface area contributed by atoms with Crippen molar-refractivity contribution in [3.05, 3.63) is 69.2 Å². The first kappa shape index (κ1) is 13.1. The summed E-state index contributed by atoms with van der Waals surface area (Å²) >= 11 is 6.00. The van der Waals surface area contributed by atoms with Crippen molar-refractivity contribution in [3.63, 3.8) is 0 Å². The van der Waals surface area contributed by atoms with E-state index >= 15 is 0 Å². The molecule has 0 aliphatic carbocycles. The van der Waals surface area contributed by atoms with Gasteiger partial charge in [-0.15, -0.1) is 0 Å². The van der Waals surface area contributed by atoms with Crippen LogP contribution in [0.4, 0.5) is 0 Å². The largest absolute Gasteiger partial charge is 0.384 e. The summed E-state index contributed by atoms with van der Waals surface area (Å²) in [6, 6.07) is 11.7. The van der Waals surface area contributed by atoms with Crippen molar-refractivity contribution in [2.45, 2.75) is 26.9 Å². The molecule has 0 saturated heterocycles. The van der Waals surface area contributed by atoms with Crippen molar-refractivity contribution in [1.82, 2.24) is 0 Å². The van der Waals surface area contributed by atoms with Gasteiger partial charge in [-0.1, -0.05) is 47.0 Å². The minimum absolute atomic E-state index is 0.623. The molecule has 0 fully saturated rings. The Balaban J connectivity index is 2.47. The van der Waals surface area contributed by atoms with Crippen molar-refractivity contribution in [2.75, 3.05) is 0 Å². The molecule has 0 bridgehead atoms. The molecule has 0 spiro atoms. The summed E-state index contributed by atoms with van der Waals surface area (Å²) in [6.07, 6.45) is -0.623. The average molecular weight is 261 g/mol. The van der Waals surface area contributed by atoms with Crippen LogP contribution in [0.1, 0.15) is 33.9 Å². The second kappa shape index (κ2) is 5.13. The Kier molecular flexibility index (Phi) is 3.74. The quantitative estimate of drug-likeness (QED) is 0.851. The van der Waals surface area contributed by atoms with Crippen LogP contribution in [0.25, 0.3) is 0 Å². The molecule has 0 radical (unpaired) electrons. The maximum Gasteiger partial charge on any atom is 0.104 e. The van der Waals surface area contributed by atoms with Gasteiger partial charge in [0.15, 0.2) is 0 Å². The number of hydrogen-bond acceptors (Lipinski definition) is 1. The Morgan fingerprint density at radius 3 is 2.17 bits per heavy atom. The molecule has 94 valence electrons. The van der Waals surface area contributed by atoms with Crippen molar-refractivity contribution < 1.29 is 5.11 Å². The van der Waals surface area contributed by atoms with Crippen LogP contribution in [-0.2, 0) is 0 Å². The average Bonchev–Trinajstić information content (AvgIpc) is 2.30. The minimum atomic E-state index is -0.623. The molecule has 0 amide bonds. The highest BCUT2D eigenvalue weighted by Gasteiger charge is 2.14. The third kappa shape index (κ3) is 2.74. The van der Waals surface area contributed by atoms with Crippen LogP contribution in [0.15, 0.2) is 36.4 Å². The van der Waals surface area contributed by atoms with Gasteiger partial charge >= 0.3 is 0 Å². The van der Waals surface area contributed by atoms with Crippen molar-refractivity contribution in [2.24, 2.45) is 0 Å². The zero-order valence-corrected chi connectivity index (χ0v) is 11.6. The second-order valence-electron chi connectivity index (χ2n) is 4.82. The number of aliphatic hydroxyl groups excluding tert-OH is 1. The molecule has 2 aromatic carbocycles.